The van der Waals surface area contributed by atoms with Gasteiger partial charge in [0, 0.05) is 18.9 Å². The van der Waals surface area contributed by atoms with Gasteiger partial charge < -0.3 is 9.42 Å². The summed E-state index contributed by atoms with van der Waals surface area (Å²) in [4.78, 5) is 13.3. The van der Waals surface area contributed by atoms with Gasteiger partial charge in [-0.25, -0.2) is 8.42 Å². The zero-order valence-electron chi connectivity index (χ0n) is 11.2. The quantitative estimate of drug-likeness (QED) is 0.806. The second-order valence-electron chi connectivity index (χ2n) is 4.47. The van der Waals surface area contributed by atoms with Crippen LogP contribution in [0.1, 0.15) is 23.9 Å². The number of amides is 1. The van der Waals surface area contributed by atoms with Gasteiger partial charge in [0.15, 0.2) is 9.84 Å². The van der Waals surface area contributed by atoms with E-state index in [1.807, 2.05) is 0 Å². The number of rotatable bonds is 4. The molecular weight excluding hydrogens is 256 g/mol. The lowest BCUT2D eigenvalue weighted by Gasteiger charge is -2.20. The molecule has 1 aromatic heterocycles. The Balaban J connectivity index is 2.84. The predicted octanol–water partition coefficient (Wildman–Crippen LogP) is 0.683. The zero-order chi connectivity index (χ0) is 14.1. The zero-order valence-corrected chi connectivity index (χ0v) is 12.0. The van der Waals surface area contributed by atoms with Crippen LogP contribution in [0.2, 0.25) is 0 Å². The SMILES string of the molecule is Cc1noc(C)c1CN(C)C(=O)C(C)S(C)(=O)=O. The first-order valence-corrected chi connectivity index (χ1v) is 7.45. The molecule has 0 fully saturated rings. The van der Waals surface area contributed by atoms with Gasteiger partial charge in [-0.05, 0) is 20.8 Å². The Morgan fingerprint density at radius 2 is 2.00 bits per heavy atom. The molecule has 1 heterocycles. The Labute approximate surface area is 107 Å². The molecule has 18 heavy (non-hydrogen) atoms. The number of aryl methyl sites for hydroxylation is 2. The first-order valence-electron chi connectivity index (χ1n) is 5.50. The van der Waals surface area contributed by atoms with Gasteiger partial charge in [-0.1, -0.05) is 5.16 Å². The van der Waals surface area contributed by atoms with Gasteiger partial charge in [-0.3, -0.25) is 4.79 Å². The highest BCUT2D eigenvalue weighted by Crippen LogP contribution is 2.15. The van der Waals surface area contributed by atoms with E-state index in [2.05, 4.69) is 5.16 Å². The van der Waals surface area contributed by atoms with Gasteiger partial charge in [0.05, 0.1) is 12.2 Å². The Hall–Kier alpha value is -1.37. The molecule has 7 heteroatoms. The maximum Gasteiger partial charge on any atom is 0.240 e. The van der Waals surface area contributed by atoms with E-state index in [-0.39, 0.29) is 0 Å². The average Bonchev–Trinajstić information content (AvgIpc) is 2.57. The fourth-order valence-electron chi connectivity index (χ4n) is 1.54. The van der Waals surface area contributed by atoms with Crippen LogP contribution < -0.4 is 0 Å². The van der Waals surface area contributed by atoms with Gasteiger partial charge in [0.2, 0.25) is 5.91 Å². The molecule has 1 amide bonds. The van der Waals surface area contributed by atoms with Gasteiger partial charge in [-0.15, -0.1) is 0 Å². The Morgan fingerprint density at radius 3 is 2.39 bits per heavy atom. The third kappa shape index (κ3) is 3.10. The number of sulfone groups is 1. The summed E-state index contributed by atoms with van der Waals surface area (Å²) in [7, 11) is -1.81. The summed E-state index contributed by atoms with van der Waals surface area (Å²) in [6, 6.07) is 0. The smallest absolute Gasteiger partial charge is 0.240 e. The highest BCUT2D eigenvalue weighted by Gasteiger charge is 2.27. The standard InChI is InChI=1S/C11H18N2O4S/c1-7-10(8(2)17-12-7)6-13(4)11(14)9(3)18(5,15)16/h9H,6H2,1-5H3. The van der Waals surface area contributed by atoms with Crippen LogP contribution in [0.15, 0.2) is 4.52 Å². The Bertz CT molecular complexity index is 528. The minimum Gasteiger partial charge on any atom is -0.361 e. The molecule has 0 saturated carbocycles. The summed E-state index contributed by atoms with van der Waals surface area (Å²) in [5, 5.41) is 2.75. The molecule has 0 bridgehead atoms. The Kier molecular flexibility index (Phi) is 4.16. The normalized spacial score (nSPS) is 13.4. The molecular formula is C11H18N2O4S. The van der Waals surface area contributed by atoms with Crippen LogP contribution in [0.25, 0.3) is 0 Å². The molecule has 0 aromatic carbocycles. The molecule has 0 radical (unpaired) electrons. The number of carbonyl (C=O) groups excluding carboxylic acids is 1. The summed E-state index contributed by atoms with van der Waals surface area (Å²) in [5.74, 6) is 0.205. The summed E-state index contributed by atoms with van der Waals surface area (Å²) in [6.45, 7) is 5.22. The summed E-state index contributed by atoms with van der Waals surface area (Å²) < 4.78 is 27.7. The van der Waals surface area contributed by atoms with Crippen molar-refractivity contribution in [3.63, 3.8) is 0 Å². The number of aromatic nitrogens is 1. The minimum absolute atomic E-state index is 0.292. The minimum atomic E-state index is -3.38. The molecule has 102 valence electrons. The fourth-order valence-corrected chi connectivity index (χ4v) is 2.08. The molecule has 0 N–H and O–H groups in total. The van der Waals surface area contributed by atoms with Crippen molar-refractivity contribution in [1.29, 1.82) is 0 Å². The maximum atomic E-state index is 11.9. The molecule has 0 aliphatic rings. The number of hydrogen-bond donors (Lipinski definition) is 0. The van der Waals surface area contributed by atoms with E-state index in [1.54, 1.807) is 20.9 Å². The molecule has 1 aromatic rings. The number of hydrogen-bond acceptors (Lipinski definition) is 5. The van der Waals surface area contributed by atoms with Crippen molar-refractivity contribution in [3.05, 3.63) is 17.0 Å². The third-order valence-corrected chi connectivity index (χ3v) is 4.43. The van der Waals surface area contributed by atoms with E-state index in [9.17, 15) is 13.2 Å². The molecule has 1 atom stereocenters. The van der Waals surface area contributed by atoms with E-state index in [1.165, 1.54) is 11.8 Å². The highest BCUT2D eigenvalue weighted by molar-refractivity contribution is 7.92. The van der Waals surface area contributed by atoms with Crippen LogP contribution >= 0.6 is 0 Å². The molecule has 0 spiro atoms. The van der Waals surface area contributed by atoms with Crippen LogP contribution in [0.5, 0.6) is 0 Å². The molecule has 0 saturated heterocycles. The lowest BCUT2D eigenvalue weighted by molar-refractivity contribution is -0.129. The van der Waals surface area contributed by atoms with Crippen molar-refractivity contribution in [2.45, 2.75) is 32.6 Å². The van der Waals surface area contributed by atoms with Crippen molar-refractivity contribution < 1.29 is 17.7 Å². The molecule has 0 aliphatic heterocycles. The number of carbonyl (C=O) groups is 1. The van der Waals surface area contributed by atoms with Crippen molar-refractivity contribution >= 4 is 15.7 Å². The van der Waals surface area contributed by atoms with Crippen molar-refractivity contribution in [2.75, 3.05) is 13.3 Å². The van der Waals surface area contributed by atoms with Crippen LogP contribution in [-0.4, -0.2) is 42.9 Å². The second-order valence-corrected chi connectivity index (χ2v) is 6.83. The van der Waals surface area contributed by atoms with E-state index in [0.717, 1.165) is 11.8 Å². The number of nitrogens with zero attached hydrogens (tertiary/aromatic N) is 2. The van der Waals surface area contributed by atoms with Crippen LogP contribution in [0.3, 0.4) is 0 Å². The van der Waals surface area contributed by atoms with E-state index in [4.69, 9.17) is 4.52 Å². The first kappa shape index (κ1) is 14.7. The predicted molar refractivity (Wildman–Crippen MR) is 66.8 cm³/mol. The first-order chi connectivity index (χ1) is 8.14. The third-order valence-electron chi connectivity index (χ3n) is 2.94. The van der Waals surface area contributed by atoms with Gasteiger partial charge >= 0.3 is 0 Å². The van der Waals surface area contributed by atoms with Gasteiger partial charge in [-0.2, -0.15) is 0 Å². The summed E-state index contributed by atoms with van der Waals surface area (Å²) in [6.07, 6.45) is 1.05. The highest BCUT2D eigenvalue weighted by atomic mass is 32.2. The topological polar surface area (TPSA) is 80.5 Å². The van der Waals surface area contributed by atoms with Crippen molar-refractivity contribution in [2.24, 2.45) is 0 Å². The average molecular weight is 274 g/mol. The van der Waals surface area contributed by atoms with Gasteiger partial charge in [0.25, 0.3) is 0 Å². The lowest BCUT2D eigenvalue weighted by Crippen LogP contribution is -2.38. The fraction of sp³-hybridized carbons (Fsp3) is 0.636. The largest absolute Gasteiger partial charge is 0.361 e. The maximum absolute atomic E-state index is 11.9. The Morgan fingerprint density at radius 1 is 1.44 bits per heavy atom. The van der Waals surface area contributed by atoms with E-state index >= 15 is 0 Å². The molecule has 1 unspecified atom stereocenters. The van der Waals surface area contributed by atoms with Crippen molar-refractivity contribution in [1.82, 2.24) is 10.1 Å². The van der Waals surface area contributed by atoms with Crippen LogP contribution in [0, 0.1) is 13.8 Å². The van der Waals surface area contributed by atoms with Crippen LogP contribution in [0.4, 0.5) is 0 Å². The summed E-state index contributed by atoms with van der Waals surface area (Å²) >= 11 is 0. The monoisotopic (exact) mass is 274 g/mol. The molecule has 6 nitrogen and oxygen atoms in total. The molecule has 1 rings (SSSR count). The second kappa shape index (κ2) is 5.09. The van der Waals surface area contributed by atoms with Gasteiger partial charge in [0.1, 0.15) is 11.0 Å². The van der Waals surface area contributed by atoms with E-state index in [0.29, 0.717) is 18.0 Å². The van der Waals surface area contributed by atoms with Crippen molar-refractivity contribution in [3.8, 4) is 0 Å². The summed E-state index contributed by atoms with van der Waals surface area (Å²) in [5.41, 5.74) is 1.52. The molecule has 0 aliphatic carbocycles. The van der Waals surface area contributed by atoms with E-state index < -0.39 is 21.0 Å². The lowest BCUT2D eigenvalue weighted by atomic mass is 10.2. The van der Waals surface area contributed by atoms with Crippen LogP contribution in [-0.2, 0) is 21.2 Å².